The van der Waals surface area contributed by atoms with E-state index in [0.717, 1.165) is 16.8 Å². The lowest BCUT2D eigenvalue weighted by molar-refractivity contribution is 0.0734. The number of methoxy groups -OCH3 is 1. The van der Waals surface area contributed by atoms with E-state index in [9.17, 15) is 9.59 Å². The van der Waals surface area contributed by atoms with E-state index in [1.54, 1.807) is 24.1 Å². The number of carbonyl (C=O) groups is 2. The first-order valence-corrected chi connectivity index (χ1v) is 9.05. The molecule has 0 unspecified atom stereocenters. The summed E-state index contributed by atoms with van der Waals surface area (Å²) in [5, 5.41) is 0. The quantitative estimate of drug-likeness (QED) is 0.818. The topological polar surface area (TPSA) is 59.1 Å². The molecule has 2 aromatic carbocycles. The van der Waals surface area contributed by atoms with Crippen LogP contribution in [-0.2, 0) is 11.3 Å². The van der Waals surface area contributed by atoms with Crippen molar-refractivity contribution in [3.05, 3.63) is 59.2 Å². The lowest BCUT2D eigenvalue weighted by atomic mass is 10.0. The SMILES string of the molecule is COc1cccc(C(=O)N2CC[C@H]3COC(=O)N3c3cc(C)ccc3C2)c1. The van der Waals surface area contributed by atoms with Gasteiger partial charge in [0, 0.05) is 18.7 Å². The number of hydrogen-bond donors (Lipinski definition) is 0. The van der Waals surface area contributed by atoms with Crippen molar-refractivity contribution in [3.63, 3.8) is 0 Å². The zero-order chi connectivity index (χ0) is 19.0. The van der Waals surface area contributed by atoms with Gasteiger partial charge >= 0.3 is 6.09 Å². The van der Waals surface area contributed by atoms with Crippen molar-refractivity contribution < 1.29 is 19.1 Å². The molecule has 0 radical (unpaired) electrons. The normalized spacial score (nSPS) is 18.9. The molecule has 27 heavy (non-hydrogen) atoms. The second kappa shape index (κ2) is 6.95. The van der Waals surface area contributed by atoms with Gasteiger partial charge in [0.25, 0.3) is 5.91 Å². The van der Waals surface area contributed by atoms with Gasteiger partial charge in [-0.15, -0.1) is 0 Å². The standard InChI is InChI=1S/C21H22N2O4/c1-14-6-7-16-12-22(20(24)15-4-3-5-18(11-15)26-2)9-8-17-13-27-21(25)23(17)19(16)10-14/h3-7,10-11,17H,8-9,12-13H2,1-2H3/t17-/m0/s1. The molecule has 1 atom stereocenters. The largest absolute Gasteiger partial charge is 0.497 e. The van der Waals surface area contributed by atoms with Crippen LogP contribution in [-0.4, -0.2) is 43.2 Å². The molecule has 0 N–H and O–H groups in total. The highest BCUT2D eigenvalue weighted by Crippen LogP contribution is 2.33. The maximum absolute atomic E-state index is 13.1. The van der Waals surface area contributed by atoms with Gasteiger partial charge in [-0.25, -0.2) is 4.79 Å². The van der Waals surface area contributed by atoms with E-state index in [-0.39, 0.29) is 18.0 Å². The van der Waals surface area contributed by atoms with Crippen molar-refractivity contribution in [2.24, 2.45) is 0 Å². The fraction of sp³-hybridized carbons (Fsp3) is 0.333. The smallest absolute Gasteiger partial charge is 0.414 e. The zero-order valence-electron chi connectivity index (χ0n) is 15.5. The lowest BCUT2D eigenvalue weighted by Crippen LogP contribution is -2.42. The predicted octanol–water partition coefficient (Wildman–Crippen LogP) is 3.37. The summed E-state index contributed by atoms with van der Waals surface area (Å²) >= 11 is 0. The van der Waals surface area contributed by atoms with E-state index in [2.05, 4.69) is 0 Å². The van der Waals surface area contributed by atoms with Gasteiger partial charge in [0.2, 0.25) is 0 Å². The van der Waals surface area contributed by atoms with Crippen LogP contribution < -0.4 is 9.64 Å². The Kier molecular flexibility index (Phi) is 4.48. The minimum Gasteiger partial charge on any atom is -0.497 e. The van der Waals surface area contributed by atoms with Crippen molar-refractivity contribution in [2.45, 2.75) is 25.9 Å². The van der Waals surface area contributed by atoms with Gasteiger partial charge in [-0.05, 0) is 48.7 Å². The molecule has 0 aromatic heterocycles. The zero-order valence-corrected chi connectivity index (χ0v) is 15.5. The molecule has 6 heteroatoms. The van der Waals surface area contributed by atoms with Crippen molar-refractivity contribution in [1.29, 1.82) is 0 Å². The van der Waals surface area contributed by atoms with Crippen LogP contribution in [0, 0.1) is 6.92 Å². The summed E-state index contributed by atoms with van der Waals surface area (Å²) in [6, 6.07) is 13.1. The van der Waals surface area contributed by atoms with Crippen LogP contribution in [0.1, 0.15) is 27.9 Å². The Morgan fingerprint density at radius 3 is 2.89 bits per heavy atom. The van der Waals surface area contributed by atoms with Crippen molar-refractivity contribution >= 4 is 17.7 Å². The number of cyclic esters (lactones) is 1. The third-order valence-corrected chi connectivity index (χ3v) is 5.16. The van der Waals surface area contributed by atoms with Gasteiger partial charge in [-0.2, -0.15) is 0 Å². The molecule has 2 amide bonds. The number of hydrogen-bond acceptors (Lipinski definition) is 4. The number of anilines is 1. The summed E-state index contributed by atoms with van der Waals surface area (Å²) in [5.74, 6) is 0.615. The third-order valence-electron chi connectivity index (χ3n) is 5.16. The van der Waals surface area contributed by atoms with Gasteiger partial charge in [0.15, 0.2) is 0 Å². The Balaban J connectivity index is 1.69. The van der Waals surface area contributed by atoms with Crippen LogP contribution in [0.15, 0.2) is 42.5 Å². The van der Waals surface area contributed by atoms with E-state index in [1.165, 1.54) is 0 Å². The van der Waals surface area contributed by atoms with Crippen molar-refractivity contribution in [3.8, 4) is 5.75 Å². The third kappa shape index (κ3) is 3.23. The predicted molar refractivity (Wildman–Crippen MR) is 101 cm³/mol. The van der Waals surface area contributed by atoms with E-state index in [1.807, 2.05) is 42.2 Å². The molecule has 140 valence electrons. The number of nitrogens with zero attached hydrogens (tertiary/aromatic N) is 2. The average molecular weight is 366 g/mol. The summed E-state index contributed by atoms with van der Waals surface area (Å²) in [6.45, 7) is 3.35. The Hall–Kier alpha value is -3.02. The number of carbonyl (C=O) groups excluding carboxylic acids is 2. The van der Waals surface area contributed by atoms with Crippen LogP contribution in [0.5, 0.6) is 5.75 Å². The maximum atomic E-state index is 13.1. The number of benzene rings is 2. The second-order valence-electron chi connectivity index (χ2n) is 6.98. The number of fused-ring (bicyclic) bond motifs is 3. The van der Waals surface area contributed by atoms with Crippen LogP contribution in [0.4, 0.5) is 10.5 Å². The number of amides is 2. The maximum Gasteiger partial charge on any atom is 0.414 e. The van der Waals surface area contributed by atoms with E-state index < -0.39 is 0 Å². The molecule has 1 fully saturated rings. The summed E-state index contributed by atoms with van der Waals surface area (Å²) in [7, 11) is 1.59. The fourth-order valence-electron chi connectivity index (χ4n) is 3.70. The molecule has 2 aromatic rings. The van der Waals surface area contributed by atoms with Gasteiger partial charge in [-0.3, -0.25) is 9.69 Å². The molecule has 1 saturated heterocycles. The first-order chi connectivity index (χ1) is 13.1. The Bertz CT molecular complexity index is 896. The van der Waals surface area contributed by atoms with Gasteiger partial charge in [0.05, 0.1) is 18.8 Å². The molecule has 0 saturated carbocycles. The van der Waals surface area contributed by atoms with Crippen LogP contribution in [0.3, 0.4) is 0 Å². The molecule has 2 aliphatic rings. The molecular formula is C21H22N2O4. The number of ether oxygens (including phenoxy) is 2. The first-order valence-electron chi connectivity index (χ1n) is 9.05. The number of aryl methyl sites for hydroxylation is 1. The molecule has 2 heterocycles. The molecule has 2 aliphatic heterocycles. The summed E-state index contributed by atoms with van der Waals surface area (Å²) in [5.41, 5.74) is 3.45. The highest BCUT2D eigenvalue weighted by Gasteiger charge is 2.37. The summed E-state index contributed by atoms with van der Waals surface area (Å²) in [6.07, 6.45) is 0.369. The van der Waals surface area contributed by atoms with Crippen molar-refractivity contribution in [2.75, 3.05) is 25.2 Å². The monoisotopic (exact) mass is 366 g/mol. The Morgan fingerprint density at radius 1 is 1.22 bits per heavy atom. The first kappa shape index (κ1) is 17.4. The van der Waals surface area contributed by atoms with E-state index in [4.69, 9.17) is 9.47 Å². The van der Waals surface area contributed by atoms with Gasteiger partial charge in [-0.1, -0.05) is 18.2 Å². The van der Waals surface area contributed by atoms with Crippen LogP contribution >= 0.6 is 0 Å². The summed E-state index contributed by atoms with van der Waals surface area (Å²) < 4.78 is 10.5. The molecular weight excluding hydrogens is 344 g/mol. The molecule has 4 rings (SSSR count). The van der Waals surface area contributed by atoms with E-state index in [0.29, 0.717) is 37.4 Å². The minimum atomic E-state index is -0.306. The van der Waals surface area contributed by atoms with Gasteiger partial charge in [0.1, 0.15) is 12.4 Å². The van der Waals surface area contributed by atoms with Crippen LogP contribution in [0.2, 0.25) is 0 Å². The molecule has 0 aliphatic carbocycles. The highest BCUT2D eigenvalue weighted by atomic mass is 16.6. The van der Waals surface area contributed by atoms with E-state index >= 15 is 0 Å². The number of rotatable bonds is 2. The molecule has 6 nitrogen and oxygen atoms in total. The Morgan fingerprint density at radius 2 is 2.07 bits per heavy atom. The highest BCUT2D eigenvalue weighted by molar-refractivity contribution is 5.95. The fourth-order valence-corrected chi connectivity index (χ4v) is 3.70. The average Bonchev–Trinajstić information content (AvgIpc) is 3.03. The van der Waals surface area contributed by atoms with Crippen LogP contribution in [0.25, 0.3) is 0 Å². The van der Waals surface area contributed by atoms with Gasteiger partial charge < -0.3 is 14.4 Å². The summed E-state index contributed by atoms with van der Waals surface area (Å²) in [4.78, 5) is 29.0. The lowest BCUT2D eigenvalue weighted by Gasteiger charge is -2.32. The molecule has 0 spiro atoms. The van der Waals surface area contributed by atoms with Crippen molar-refractivity contribution in [1.82, 2.24) is 4.90 Å². The Labute approximate surface area is 158 Å². The second-order valence-corrected chi connectivity index (χ2v) is 6.98. The minimum absolute atomic E-state index is 0.0425. The molecule has 0 bridgehead atoms.